The van der Waals surface area contributed by atoms with Gasteiger partial charge in [-0.15, -0.1) is 0 Å². The molecule has 0 aromatic heterocycles. The van der Waals surface area contributed by atoms with Crippen LogP contribution in [0, 0.1) is 5.82 Å². The zero-order valence-corrected chi connectivity index (χ0v) is 12.4. The lowest BCUT2D eigenvalue weighted by atomic mass is 9.92. The summed E-state index contributed by atoms with van der Waals surface area (Å²) in [7, 11) is 0. The lowest BCUT2D eigenvalue weighted by Crippen LogP contribution is -2.42. The van der Waals surface area contributed by atoms with Crippen LogP contribution in [0.4, 0.5) is 14.9 Å². The number of fused-ring (bicyclic) bond motifs is 1. The molecule has 1 atom stereocenters. The molecular weight excluding hydrogens is 259 g/mol. The molecular formula is C15H21FN2O2. The van der Waals surface area contributed by atoms with Crippen LogP contribution in [0.25, 0.3) is 0 Å². The van der Waals surface area contributed by atoms with Gasteiger partial charge in [-0.2, -0.15) is 0 Å². The molecule has 1 aliphatic heterocycles. The molecule has 0 fully saturated rings. The predicted octanol–water partition coefficient (Wildman–Crippen LogP) is 3.26. The van der Waals surface area contributed by atoms with Gasteiger partial charge < -0.3 is 15.4 Å². The van der Waals surface area contributed by atoms with Crippen LogP contribution in [-0.4, -0.2) is 23.1 Å². The number of anilines is 1. The zero-order valence-electron chi connectivity index (χ0n) is 12.4. The molecule has 4 nitrogen and oxygen atoms in total. The van der Waals surface area contributed by atoms with Crippen molar-refractivity contribution in [1.29, 1.82) is 0 Å². The van der Waals surface area contributed by atoms with Gasteiger partial charge in [0.15, 0.2) is 0 Å². The molecule has 1 aromatic rings. The van der Waals surface area contributed by atoms with Crippen LogP contribution in [0.15, 0.2) is 12.1 Å². The minimum absolute atomic E-state index is 0.170. The van der Waals surface area contributed by atoms with Gasteiger partial charge in [0, 0.05) is 6.54 Å². The maximum Gasteiger partial charge on any atom is 0.410 e. The number of hydrogen-bond acceptors (Lipinski definition) is 3. The highest BCUT2D eigenvalue weighted by atomic mass is 19.1. The zero-order chi connectivity index (χ0) is 15.1. The Bertz CT molecular complexity index is 537. The Kier molecular flexibility index (Phi) is 3.63. The summed E-state index contributed by atoms with van der Waals surface area (Å²) in [6, 6.07) is 2.88. The van der Waals surface area contributed by atoms with Crippen molar-refractivity contribution in [3.8, 4) is 0 Å². The monoisotopic (exact) mass is 280 g/mol. The van der Waals surface area contributed by atoms with Crippen LogP contribution in [0.2, 0.25) is 0 Å². The fourth-order valence-electron chi connectivity index (χ4n) is 2.49. The number of carbonyl (C=O) groups excluding carboxylic acids is 1. The normalized spacial score (nSPS) is 18.6. The predicted molar refractivity (Wildman–Crippen MR) is 75.9 cm³/mol. The maximum atomic E-state index is 13.5. The quantitative estimate of drug-likeness (QED) is 0.742. The Hall–Kier alpha value is -1.78. The number of nitrogen functional groups attached to an aromatic ring is 1. The number of hydrogen-bond donors (Lipinski definition) is 1. The Labute approximate surface area is 118 Å². The van der Waals surface area contributed by atoms with Crippen molar-refractivity contribution in [2.75, 3.05) is 12.3 Å². The first kappa shape index (κ1) is 14.6. The Morgan fingerprint density at radius 2 is 2.10 bits per heavy atom. The van der Waals surface area contributed by atoms with Crippen LogP contribution in [0.3, 0.4) is 0 Å². The van der Waals surface area contributed by atoms with E-state index in [1.54, 1.807) is 11.0 Å². The van der Waals surface area contributed by atoms with Gasteiger partial charge in [-0.05, 0) is 51.3 Å². The van der Waals surface area contributed by atoms with Crippen molar-refractivity contribution in [1.82, 2.24) is 4.90 Å². The van der Waals surface area contributed by atoms with E-state index in [-0.39, 0.29) is 17.8 Å². The molecule has 0 saturated heterocycles. The molecule has 5 heteroatoms. The van der Waals surface area contributed by atoms with Gasteiger partial charge in [0.1, 0.15) is 11.4 Å². The van der Waals surface area contributed by atoms with Gasteiger partial charge in [-0.25, -0.2) is 9.18 Å². The van der Waals surface area contributed by atoms with E-state index in [4.69, 9.17) is 10.5 Å². The number of halogens is 1. The van der Waals surface area contributed by atoms with Crippen molar-refractivity contribution in [2.24, 2.45) is 0 Å². The molecule has 1 unspecified atom stereocenters. The summed E-state index contributed by atoms with van der Waals surface area (Å²) in [4.78, 5) is 13.8. The van der Waals surface area contributed by atoms with Gasteiger partial charge in [-0.3, -0.25) is 0 Å². The molecule has 0 saturated carbocycles. The summed E-state index contributed by atoms with van der Waals surface area (Å²) in [6.07, 6.45) is 0.196. The molecule has 2 rings (SSSR count). The minimum Gasteiger partial charge on any atom is -0.444 e. The number of nitrogens with two attached hydrogens (primary N) is 1. The molecule has 1 amide bonds. The molecule has 1 aliphatic rings. The number of rotatable bonds is 0. The minimum atomic E-state index is -0.529. The summed E-state index contributed by atoms with van der Waals surface area (Å²) in [5.41, 5.74) is 7.14. The number of amides is 1. The third kappa shape index (κ3) is 2.71. The first-order chi connectivity index (χ1) is 9.20. The molecule has 0 bridgehead atoms. The highest BCUT2D eigenvalue weighted by Crippen LogP contribution is 2.34. The van der Waals surface area contributed by atoms with Crippen molar-refractivity contribution in [3.05, 3.63) is 29.1 Å². The average Bonchev–Trinajstić information content (AvgIpc) is 2.32. The van der Waals surface area contributed by atoms with E-state index in [2.05, 4.69) is 0 Å². The second-order valence-electron chi connectivity index (χ2n) is 6.13. The molecule has 0 radical (unpaired) electrons. The second kappa shape index (κ2) is 4.96. The van der Waals surface area contributed by atoms with Gasteiger partial charge in [-0.1, -0.05) is 6.07 Å². The molecule has 110 valence electrons. The Morgan fingerprint density at radius 1 is 1.45 bits per heavy atom. The SMILES string of the molecule is CC1c2ccc(F)c(N)c2CCN1C(=O)OC(C)(C)C. The lowest BCUT2D eigenvalue weighted by molar-refractivity contribution is 0.0160. The van der Waals surface area contributed by atoms with Crippen molar-refractivity contribution in [3.63, 3.8) is 0 Å². The van der Waals surface area contributed by atoms with Gasteiger partial charge in [0.05, 0.1) is 11.7 Å². The number of benzene rings is 1. The number of carbonyl (C=O) groups is 1. The highest BCUT2D eigenvalue weighted by Gasteiger charge is 2.32. The maximum absolute atomic E-state index is 13.5. The lowest BCUT2D eigenvalue weighted by Gasteiger charge is -2.36. The fraction of sp³-hybridized carbons (Fsp3) is 0.533. The smallest absolute Gasteiger partial charge is 0.410 e. The summed E-state index contributed by atoms with van der Waals surface area (Å²) < 4.78 is 18.9. The standard InChI is InChI=1S/C15H21FN2O2/c1-9-10-5-6-12(16)13(17)11(10)7-8-18(9)14(19)20-15(2,3)4/h5-6,9H,7-8,17H2,1-4H3. The molecule has 0 spiro atoms. The fourth-order valence-corrected chi connectivity index (χ4v) is 2.49. The van der Waals surface area contributed by atoms with Crippen LogP contribution < -0.4 is 5.73 Å². The molecule has 2 N–H and O–H groups in total. The molecule has 0 aliphatic carbocycles. The first-order valence-electron chi connectivity index (χ1n) is 6.77. The molecule has 1 heterocycles. The number of nitrogens with zero attached hydrogens (tertiary/aromatic N) is 1. The summed E-state index contributed by atoms with van der Waals surface area (Å²) >= 11 is 0. The summed E-state index contributed by atoms with van der Waals surface area (Å²) in [6.45, 7) is 7.89. The van der Waals surface area contributed by atoms with Gasteiger partial charge in [0.25, 0.3) is 0 Å². The van der Waals surface area contributed by atoms with E-state index >= 15 is 0 Å². The third-order valence-electron chi connectivity index (χ3n) is 3.49. The summed E-state index contributed by atoms with van der Waals surface area (Å²) in [5.74, 6) is -0.401. The Morgan fingerprint density at radius 3 is 2.70 bits per heavy atom. The topological polar surface area (TPSA) is 55.6 Å². The molecule has 1 aromatic carbocycles. The van der Waals surface area contributed by atoms with E-state index < -0.39 is 11.4 Å². The van der Waals surface area contributed by atoms with E-state index in [0.29, 0.717) is 13.0 Å². The van der Waals surface area contributed by atoms with Crippen molar-refractivity contribution >= 4 is 11.8 Å². The van der Waals surface area contributed by atoms with E-state index in [0.717, 1.165) is 11.1 Å². The van der Waals surface area contributed by atoms with Crippen LogP contribution in [0.1, 0.15) is 44.9 Å². The van der Waals surface area contributed by atoms with Crippen molar-refractivity contribution in [2.45, 2.75) is 45.8 Å². The number of ether oxygens (including phenoxy) is 1. The molecule has 20 heavy (non-hydrogen) atoms. The Balaban J connectivity index is 2.26. The van der Waals surface area contributed by atoms with Crippen LogP contribution in [-0.2, 0) is 11.2 Å². The largest absolute Gasteiger partial charge is 0.444 e. The van der Waals surface area contributed by atoms with Crippen LogP contribution >= 0.6 is 0 Å². The summed E-state index contributed by atoms with van der Waals surface area (Å²) in [5, 5.41) is 0. The third-order valence-corrected chi connectivity index (χ3v) is 3.49. The van der Waals surface area contributed by atoms with Crippen LogP contribution in [0.5, 0.6) is 0 Å². The highest BCUT2D eigenvalue weighted by molar-refractivity contribution is 5.70. The van der Waals surface area contributed by atoms with E-state index in [1.165, 1.54) is 6.07 Å². The van der Waals surface area contributed by atoms with Crippen molar-refractivity contribution < 1.29 is 13.9 Å². The first-order valence-corrected chi connectivity index (χ1v) is 6.77. The average molecular weight is 280 g/mol. The van der Waals surface area contributed by atoms with Gasteiger partial charge >= 0.3 is 6.09 Å². The van der Waals surface area contributed by atoms with E-state index in [9.17, 15) is 9.18 Å². The van der Waals surface area contributed by atoms with Gasteiger partial charge in [0.2, 0.25) is 0 Å². The van der Waals surface area contributed by atoms with E-state index in [1.807, 2.05) is 27.7 Å². The second-order valence-corrected chi connectivity index (χ2v) is 6.13.